The van der Waals surface area contributed by atoms with Gasteiger partial charge in [0.25, 0.3) is 0 Å². The zero-order valence-electron chi connectivity index (χ0n) is 12.7. The van der Waals surface area contributed by atoms with Gasteiger partial charge >= 0.3 is 0 Å². The molecule has 0 radical (unpaired) electrons. The minimum absolute atomic E-state index is 0.102. The third-order valence-electron chi connectivity index (χ3n) is 3.06. The number of methoxy groups -OCH3 is 2. The third kappa shape index (κ3) is 4.26. The number of anilines is 2. The molecule has 0 aromatic heterocycles. The van der Waals surface area contributed by atoms with Crippen LogP contribution >= 0.6 is 11.6 Å². The first kappa shape index (κ1) is 16.9. The molecule has 0 saturated carbocycles. The van der Waals surface area contributed by atoms with Gasteiger partial charge in [0.15, 0.2) is 0 Å². The number of hydrogen-bond acceptors (Lipinski definition) is 4. The van der Waals surface area contributed by atoms with Crippen LogP contribution < -0.4 is 20.1 Å². The molecule has 0 saturated heterocycles. The molecule has 0 atom stereocenters. The molecule has 2 aromatic carbocycles. The van der Waals surface area contributed by atoms with Crippen LogP contribution in [0.4, 0.5) is 15.8 Å². The summed E-state index contributed by atoms with van der Waals surface area (Å²) in [7, 11) is 2.93. The lowest BCUT2D eigenvalue weighted by molar-refractivity contribution is -0.114. The molecule has 0 fully saturated rings. The number of carbonyl (C=O) groups is 1. The molecule has 1 amide bonds. The van der Waals surface area contributed by atoms with E-state index in [1.54, 1.807) is 30.3 Å². The molecule has 0 aliphatic heterocycles. The lowest BCUT2D eigenvalue weighted by Gasteiger charge is -2.13. The van der Waals surface area contributed by atoms with Crippen molar-refractivity contribution in [2.45, 2.75) is 0 Å². The lowest BCUT2D eigenvalue weighted by Crippen LogP contribution is -2.22. The van der Waals surface area contributed by atoms with Crippen molar-refractivity contribution in [3.05, 3.63) is 47.2 Å². The highest BCUT2D eigenvalue weighted by atomic mass is 35.5. The van der Waals surface area contributed by atoms with E-state index in [2.05, 4.69) is 10.6 Å². The smallest absolute Gasteiger partial charge is 0.243 e. The topological polar surface area (TPSA) is 59.6 Å². The number of nitrogens with one attached hydrogen (secondary N) is 2. The van der Waals surface area contributed by atoms with Gasteiger partial charge in [0.05, 0.1) is 37.2 Å². The van der Waals surface area contributed by atoms with Crippen LogP contribution in [-0.4, -0.2) is 26.7 Å². The van der Waals surface area contributed by atoms with E-state index in [1.165, 1.54) is 20.3 Å². The average Bonchev–Trinajstić information content (AvgIpc) is 2.55. The summed E-state index contributed by atoms with van der Waals surface area (Å²) in [6, 6.07) is 9.21. The molecule has 0 spiro atoms. The Kier molecular flexibility index (Phi) is 5.65. The van der Waals surface area contributed by atoms with E-state index in [9.17, 15) is 9.18 Å². The largest absolute Gasteiger partial charge is 0.495 e. The number of ether oxygens (including phenoxy) is 2. The van der Waals surface area contributed by atoms with Gasteiger partial charge in [-0.25, -0.2) is 4.39 Å². The zero-order chi connectivity index (χ0) is 16.8. The first-order valence-electron chi connectivity index (χ1n) is 6.75. The maximum Gasteiger partial charge on any atom is 0.243 e. The van der Waals surface area contributed by atoms with Crippen LogP contribution in [0, 0.1) is 5.82 Å². The summed E-state index contributed by atoms with van der Waals surface area (Å²) >= 11 is 6.00. The molecule has 0 aliphatic carbocycles. The number of hydrogen-bond donors (Lipinski definition) is 2. The van der Waals surface area contributed by atoms with Gasteiger partial charge in [0.1, 0.15) is 17.3 Å². The van der Waals surface area contributed by atoms with Gasteiger partial charge < -0.3 is 20.1 Å². The van der Waals surface area contributed by atoms with Gasteiger partial charge in [-0.3, -0.25) is 4.79 Å². The molecular formula is C16H16ClFN2O3. The number of rotatable bonds is 6. The average molecular weight is 339 g/mol. The number of halogens is 2. The SMILES string of the molecule is COc1cc(NC(=O)CNc2ccccc2F)c(OC)cc1Cl. The summed E-state index contributed by atoms with van der Waals surface area (Å²) < 4.78 is 23.8. The Morgan fingerprint density at radius 3 is 2.48 bits per heavy atom. The third-order valence-corrected chi connectivity index (χ3v) is 3.36. The van der Waals surface area contributed by atoms with Crippen LogP contribution in [0.25, 0.3) is 0 Å². The van der Waals surface area contributed by atoms with Crippen molar-refractivity contribution < 1.29 is 18.7 Å². The van der Waals surface area contributed by atoms with Crippen LogP contribution in [0.15, 0.2) is 36.4 Å². The normalized spacial score (nSPS) is 10.1. The summed E-state index contributed by atoms with van der Waals surface area (Å²) in [4.78, 5) is 12.0. The number of para-hydroxylation sites is 1. The Morgan fingerprint density at radius 1 is 1.13 bits per heavy atom. The number of benzene rings is 2. The van der Waals surface area contributed by atoms with E-state index in [1.807, 2.05) is 0 Å². The second-order valence-corrected chi connectivity index (χ2v) is 4.98. The second-order valence-electron chi connectivity index (χ2n) is 4.57. The fourth-order valence-corrected chi connectivity index (χ4v) is 2.16. The number of carbonyl (C=O) groups excluding carboxylic acids is 1. The monoisotopic (exact) mass is 338 g/mol. The van der Waals surface area contributed by atoms with Gasteiger partial charge in [-0.1, -0.05) is 23.7 Å². The van der Waals surface area contributed by atoms with Crippen molar-refractivity contribution in [2.75, 3.05) is 31.4 Å². The van der Waals surface area contributed by atoms with Gasteiger partial charge in [0.2, 0.25) is 5.91 Å². The van der Waals surface area contributed by atoms with E-state index >= 15 is 0 Å². The molecule has 5 nitrogen and oxygen atoms in total. The standard InChI is InChI=1S/C16H16ClFN2O3/c1-22-14-8-13(15(23-2)7-10(14)17)20-16(21)9-19-12-6-4-3-5-11(12)18/h3-8,19H,9H2,1-2H3,(H,20,21). The molecule has 0 aliphatic rings. The minimum Gasteiger partial charge on any atom is -0.495 e. The Labute approximate surface area is 138 Å². The Balaban J connectivity index is 2.06. The molecule has 2 aromatic rings. The molecular weight excluding hydrogens is 323 g/mol. The lowest BCUT2D eigenvalue weighted by atomic mass is 10.2. The Morgan fingerprint density at radius 2 is 1.83 bits per heavy atom. The minimum atomic E-state index is -0.425. The fourth-order valence-electron chi connectivity index (χ4n) is 1.93. The second kappa shape index (κ2) is 7.69. The van der Waals surface area contributed by atoms with Gasteiger partial charge in [-0.05, 0) is 12.1 Å². The van der Waals surface area contributed by atoms with Crippen LogP contribution in [0.1, 0.15) is 0 Å². The first-order valence-corrected chi connectivity index (χ1v) is 7.12. The maximum absolute atomic E-state index is 13.5. The van der Waals surface area contributed by atoms with Crippen LogP contribution in [0.2, 0.25) is 5.02 Å². The van der Waals surface area contributed by atoms with Crippen molar-refractivity contribution in [1.82, 2.24) is 0 Å². The summed E-state index contributed by atoms with van der Waals surface area (Å²) in [6.45, 7) is -0.102. The zero-order valence-corrected chi connectivity index (χ0v) is 13.4. The molecule has 2 N–H and O–H groups in total. The Hall–Kier alpha value is -2.47. The predicted octanol–water partition coefficient (Wildman–Crippen LogP) is 3.55. The summed E-state index contributed by atoms with van der Waals surface area (Å²) in [6.07, 6.45) is 0. The molecule has 122 valence electrons. The maximum atomic E-state index is 13.5. The van der Waals surface area contributed by atoms with E-state index in [0.29, 0.717) is 22.2 Å². The van der Waals surface area contributed by atoms with Crippen LogP contribution in [0.5, 0.6) is 11.5 Å². The summed E-state index contributed by atoms with van der Waals surface area (Å²) in [5.41, 5.74) is 0.664. The molecule has 0 heterocycles. The quantitative estimate of drug-likeness (QED) is 0.845. The van der Waals surface area contributed by atoms with E-state index in [-0.39, 0.29) is 18.1 Å². The highest BCUT2D eigenvalue weighted by Crippen LogP contribution is 2.35. The van der Waals surface area contributed by atoms with Crippen molar-refractivity contribution in [2.24, 2.45) is 0 Å². The van der Waals surface area contributed by atoms with Crippen molar-refractivity contribution in [1.29, 1.82) is 0 Å². The van der Waals surface area contributed by atoms with Gasteiger partial charge in [-0.15, -0.1) is 0 Å². The van der Waals surface area contributed by atoms with Crippen LogP contribution in [-0.2, 0) is 4.79 Å². The number of amides is 1. The summed E-state index contributed by atoms with van der Waals surface area (Å²) in [5.74, 6) is 0.0156. The molecule has 0 bridgehead atoms. The molecule has 2 rings (SSSR count). The van der Waals surface area contributed by atoms with E-state index in [0.717, 1.165) is 0 Å². The highest BCUT2D eigenvalue weighted by Gasteiger charge is 2.13. The molecule has 23 heavy (non-hydrogen) atoms. The fraction of sp³-hybridized carbons (Fsp3) is 0.188. The molecule has 7 heteroatoms. The van der Waals surface area contributed by atoms with Gasteiger partial charge in [-0.2, -0.15) is 0 Å². The predicted molar refractivity (Wildman–Crippen MR) is 88.1 cm³/mol. The highest BCUT2D eigenvalue weighted by molar-refractivity contribution is 6.32. The van der Waals surface area contributed by atoms with Crippen molar-refractivity contribution in [3.8, 4) is 11.5 Å². The van der Waals surface area contributed by atoms with Crippen LogP contribution in [0.3, 0.4) is 0 Å². The first-order chi connectivity index (χ1) is 11.0. The van der Waals surface area contributed by atoms with Crippen molar-refractivity contribution >= 4 is 28.9 Å². The van der Waals surface area contributed by atoms with Crippen molar-refractivity contribution in [3.63, 3.8) is 0 Å². The van der Waals surface area contributed by atoms with Gasteiger partial charge in [0, 0.05) is 12.1 Å². The van der Waals surface area contributed by atoms with E-state index < -0.39 is 5.82 Å². The summed E-state index contributed by atoms with van der Waals surface area (Å²) in [5, 5.41) is 5.76. The van der Waals surface area contributed by atoms with E-state index in [4.69, 9.17) is 21.1 Å². The molecule has 0 unspecified atom stereocenters. The Bertz CT molecular complexity index is 710.